The van der Waals surface area contributed by atoms with E-state index in [0.29, 0.717) is 28.2 Å². The Kier molecular flexibility index (Phi) is 7.17. The number of anilines is 1. The number of likely N-dealkylation sites (N-methyl/N-ethyl adjacent to an activating group) is 1. The van der Waals surface area contributed by atoms with Gasteiger partial charge in [-0.1, -0.05) is 24.3 Å². The molecule has 1 aromatic heterocycles. The number of nitrogens with one attached hydrogen (secondary N) is 2. The normalized spacial score (nSPS) is 12.3. The van der Waals surface area contributed by atoms with E-state index in [1.165, 1.54) is 6.07 Å². The number of carbonyl (C=O) groups excluding carboxylic acids is 2. The van der Waals surface area contributed by atoms with Crippen LogP contribution in [0.15, 0.2) is 71.7 Å². The molecule has 5 N–H and O–H groups in total. The number of aromatic hydroxyl groups is 1. The predicted octanol–water partition coefficient (Wildman–Crippen LogP) is 4.32. The molecule has 184 valence electrons. The maximum Gasteiger partial charge on any atom is 0.248 e. The molecule has 0 bridgehead atoms. The van der Waals surface area contributed by atoms with Gasteiger partial charge in [-0.05, 0) is 63.5 Å². The van der Waals surface area contributed by atoms with Gasteiger partial charge in [0.2, 0.25) is 5.91 Å². The molecule has 0 spiro atoms. The van der Waals surface area contributed by atoms with E-state index in [1.54, 1.807) is 42.6 Å². The number of nitrogens with two attached hydrogens (primary N) is 1. The Labute approximate surface area is 209 Å². The third-order valence-corrected chi connectivity index (χ3v) is 5.75. The molecule has 1 unspecified atom stereocenters. The minimum Gasteiger partial charge on any atom is -0.494 e. The van der Waals surface area contributed by atoms with E-state index in [4.69, 9.17) is 5.73 Å². The first-order valence-electron chi connectivity index (χ1n) is 11.6. The lowest BCUT2D eigenvalue weighted by Crippen LogP contribution is -2.29. The molecule has 0 aliphatic heterocycles. The van der Waals surface area contributed by atoms with Gasteiger partial charge in [-0.2, -0.15) is 0 Å². The molecule has 3 aromatic carbocycles. The van der Waals surface area contributed by atoms with Crippen molar-refractivity contribution in [2.24, 2.45) is 10.7 Å². The van der Waals surface area contributed by atoms with E-state index in [0.717, 1.165) is 23.3 Å². The molecule has 8 heteroatoms. The Morgan fingerprint density at radius 3 is 2.44 bits per heavy atom. The lowest BCUT2D eigenvalue weighted by molar-refractivity contribution is 0.1000. The number of carbonyl (C=O) groups is 2. The predicted molar refractivity (Wildman–Crippen MR) is 144 cm³/mol. The third-order valence-electron chi connectivity index (χ3n) is 5.75. The molecular weight excluding hydrogens is 454 g/mol. The second-order valence-corrected chi connectivity index (χ2v) is 9.03. The molecule has 8 nitrogen and oxygen atoms in total. The number of hydrogen-bond donors (Lipinski definition) is 4. The standard InChI is InChI=1S/C28H29N5O3/c1-17(16-33(2)3)31-22-10-8-21(9-11-22)30-15-24-23-12-7-19(14-25(23)32-28(24)36)26(34)18-5-4-6-20(13-18)27(29)35/h4-15,17,31-32,36H,16H2,1-3H3,(H2,29,35). The fourth-order valence-corrected chi connectivity index (χ4v) is 4.12. The number of aromatic nitrogens is 1. The Hall–Kier alpha value is -4.43. The molecule has 1 heterocycles. The number of aromatic amines is 1. The van der Waals surface area contributed by atoms with Crippen molar-refractivity contribution >= 4 is 40.2 Å². The number of H-pyrrole nitrogens is 1. The lowest BCUT2D eigenvalue weighted by atomic mass is 10.00. The Bertz CT molecular complexity index is 1440. The fraction of sp³-hybridized carbons (Fsp3) is 0.179. The average molecular weight is 484 g/mol. The topological polar surface area (TPSA) is 124 Å². The zero-order valence-corrected chi connectivity index (χ0v) is 20.4. The molecule has 0 aliphatic carbocycles. The summed E-state index contributed by atoms with van der Waals surface area (Å²) in [6.07, 6.45) is 1.60. The van der Waals surface area contributed by atoms with E-state index < -0.39 is 5.91 Å². The van der Waals surface area contributed by atoms with Crippen molar-refractivity contribution in [3.05, 3.63) is 89.0 Å². The van der Waals surface area contributed by atoms with Crippen LogP contribution in [0.1, 0.15) is 38.8 Å². The van der Waals surface area contributed by atoms with Crippen LogP contribution in [0.3, 0.4) is 0 Å². The maximum absolute atomic E-state index is 13.0. The molecule has 0 saturated heterocycles. The molecule has 1 amide bonds. The summed E-state index contributed by atoms with van der Waals surface area (Å²) >= 11 is 0. The third kappa shape index (κ3) is 5.61. The Morgan fingerprint density at radius 2 is 1.75 bits per heavy atom. The number of nitrogens with zero attached hydrogens (tertiary/aromatic N) is 2. The van der Waals surface area contributed by atoms with Crippen molar-refractivity contribution in [3.8, 4) is 5.88 Å². The van der Waals surface area contributed by atoms with Crippen LogP contribution in [-0.2, 0) is 0 Å². The zero-order valence-electron chi connectivity index (χ0n) is 20.4. The second kappa shape index (κ2) is 10.5. The van der Waals surface area contributed by atoms with Crippen LogP contribution in [0.2, 0.25) is 0 Å². The van der Waals surface area contributed by atoms with Gasteiger partial charge < -0.3 is 26.0 Å². The number of hydrogen-bond acceptors (Lipinski definition) is 6. The number of amides is 1. The zero-order chi connectivity index (χ0) is 25.8. The molecule has 0 aliphatic rings. The summed E-state index contributed by atoms with van der Waals surface area (Å²) in [7, 11) is 4.08. The monoisotopic (exact) mass is 483 g/mol. The largest absolute Gasteiger partial charge is 0.494 e. The van der Waals surface area contributed by atoms with Crippen LogP contribution >= 0.6 is 0 Å². The van der Waals surface area contributed by atoms with E-state index in [9.17, 15) is 14.7 Å². The van der Waals surface area contributed by atoms with E-state index in [-0.39, 0.29) is 17.2 Å². The number of aliphatic imine (C=N–C) groups is 1. The van der Waals surface area contributed by atoms with Gasteiger partial charge in [-0.15, -0.1) is 0 Å². The van der Waals surface area contributed by atoms with Crippen molar-refractivity contribution in [3.63, 3.8) is 0 Å². The van der Waals surface area contributed by atoms with Gasteiger partial charge in [0, 0.05) is 52.1 Å². The highest BCUT2D eigenvalue weighted by Crippen LogP contribution is 2.28. The van der Waals surface area contributed by atoms with Gasteiger partial charge >= 0.3 is 0 Å². The van der Waals surface area contributed by atoms with Gasteiger partial charge in [0.05, 0.1) is 11.3 Å². The Morgan fingerprint density at radius 1 is 1.06 bits per heavy atom. The molecule has 4 aromatic rings. The summed E-state index contributed by atoms with van der Waals surface area (Å²) in [4.78, 5) is 33.9. The van der Waals surface area contributed by atoms with Crippen LogP contribution < -0.4 is 11.1 Å². The lowest BCUT2D eigenvalue weighted by Gasteiger charge is -2.19. The van der Waals surface area contributed by atoms with E-state index in [2.05, 4.69) is 27.1 Å². The summed E-state index contributed by atoms with van der Waals surface area (Å²) in [5, 5.41) is 14.7. The van der Waals surface area contributed by atoms with E-state index >= 15 is 0 Å². The molecule has 0 saturated carbocycles. The molecule has 1 atom stereocenters. The SMILES string of the molecule is CC(CN(C)C)Nc1ccc(N=Cc2c(O)[nH]c3cc(C(=O)c4cccc(C(N)=O)c4)ccc23)cc1. The van der Waals surface area contributed by atoms with Crippen LogP contribution in [0.25, 0.3) is 10.9 Å². The first-order chi connectivity index (χ1) is 17.2. The van der Waals surface area contributed by atoms with Gasteiger partial charge in [0.15, 0.2) is 11.7 Å². The number of rotatable bonds is 9. The van der Waals surface area contributed by atoms with Crippen molar-refractivity contribution in [2.45, 2.75) is 13.0 Å². The smallest absolute Gasteiger partial charge is 0.248 e. The van der Waals surface area contributed by atoms with Crippen molar-refractivity contribution in [1.82, 2.24) is 9.88 Å². The van der Waals surface area contributed by atoms with Crippen molar-refractivity contribution in [2.75, 3.05) is 26.0 Å². The molecule has 0 radical (unpaired) electrons. The van der Waals surface area contributed by atoms with Crippen LogP contribution in [0.4, 0.5) is 11.4 Å². The van der Waals surface area contributed by atoms with Crippen LogP contribution in [-0.4, -0.2) is 59.6 Å². The quantitative estimate of drug-likeness (QED) is 0.209. The highest BCUT2D eigenvalue weighted by molar-refractivity contribution is 6.12. The highest BCUT2D eigenvalue weighted by Gasteiger charge is 2.15. The van der Waals surface area contributed by atoms with Crippen LogP contribution in [0, 0.1) is 0 Å². The van der Waals surface area contributed by atoms with Gasteiger partial charge in [0.1, 0.15) is 0 Å². The Balaban J connectivity index is 1.53. The first kappa shape index (κ1) is 24.7. The van der Waals surface area contributed by atoms with Crippen LogP contribution in [0.5, 0.6) is 5.88 Å². The minimum absolute atomic E-state index is 0.0372. The summed E-state index contributed by atoms with van der Waals surface area (Å²) in [5.41, 5.74) is 9.26. The number of fused-ring (bicyclic) bond motifs is 1. The van der Waals surface area contributed by atoms with Crippen molar-refractivity contribution in [1.29, 1.82) is 0 Å². The van der Waals surface area contributed by atoms with Crippen molar-refractivity contribution < 1.29 is 14.7 Å². The summed E-state index contributed by atoms with van der Waals surface area (Å²) in [6.45, 7) is 3.05. The first-order valence-corrected chi connectivity index (χ1v) is 11.6. The minimum atomic E-state index is -0.594. The number of benzene rings is 3. The van der Waals surface area contributed by atoms with Gasteiger partial charge in [-0.3, -0.25) is 14.6 Å². The summed E-state index contributed by atoms with van der Waals surface area (Å²) < 4.78 is 0. The summed E-state index contributed by atoms with van der Waals surface area (Å²) in [6, 6.07) is 19.5. The average Bonchev–Trinajstić information content (AvgIpc) is 3.16. The number of primary amides is 1. The number of ketones is 1. The molecule has 0 fully saturated rings. The maximum atomic E-state index is 13.0. The van der Waals surface area contributed by atoms with E-state index in [1.807, 2.05) is 38.4 Å². The van der Waals surface area contributed by atoms with Gasteiger partial charge in [-0.25, -0.2) is 0 Å². The highest BCUT2D eigenvalue weighted by atomic mass is 16.3. The second-order valence-electron chi connectivity index (χ2n) is 9.03. The summed E-state index contributed by atoms with van der Waals surface area (Å²) in [5.74, 6) is -0.883. The fourth-order valence-electron chi connectivity index (χ4n) is 4.12. The molecular formula is C28H29N5O3. The molecule has 36 heavy (non-hydrogen) atoms. The molecule has 4 rings (SSSR count). The van der Waals surface area contributed by atoms with Gasteiger partial charge in [0.25, 0.3) is 0 Å².